The van der Waals surface area contributed by atoms with Crippen LogP contribution in [0.15, 0.2) is 18.2 Å². The molecule has 0 aromatic heterocycles. The summed E-state index contributed by atoms with van der Waals surface area (Å²) in [6.07, 6.45) is 2.20. The maximum atomic E-state index is 12.4. The molecular weight excluding hydrogens is 283 g/mol. The van der Waals surface area contributed by atoms with E-state index in [2.05, 4.69) is 5.32 Å². The number of likely N-dealkylation sites (tertiary alicyclic amines) is 1. The highest BCUT2D eigenvalue weighted by Crippen LogP contribution is 2.19. The van der Waals surface area contributed by atoms with Crippen molar-refractivity contribution < 1.29 is 4.79 Å². The van der Waals surface area contributed by atoms with Crippen LogP contribution in [0.25, 0.3) is 0 Å². The van der Waals surface area contributed by atoms with Crippen molar-refractivity contribution in [2.24, 2.45) is 0 Å². The van der Waals surface area contributed by atoms with Gasteiger partial charge in [0.25, 0.3) is 5.91 Å². The van der Waals surface area contributed by atoms with E-state index in [1.807, 2.05) is 31.0 Å². The van der Waals surface area contributed by atoms with Crippen LogP contribution in [0.1, 0.15) is 28.8 Å². The molecule has 1 fully saturated rings. The minimum Gasteiger partial charge on any atom is -0.337 e. The van der Waals surface area contributed by atoms with E-state index in [-0.39, 0.29) is 18.3 Å². The third-order valence-electron chi connectivity index (χ3n) is 3.54. The number of benzene rings is 1. The van der Waals surface area contributed by atoms with E-state index >= 15 is 0 Å². The molecule has 1 amide bonds. The summed E-state index contributed by atoms with van der Waals surface area (Å²) in [4.78, 5) is 14.4. The molecule has 0 aliphatic carbocycles. The predicted octanol–water partition coefficient (Wildman–Crippen LogP) is 2.89. The number of rotatable bonds is 2. The van der Waals surface area contributed by atoms with E-state index in [9.17, 15) is 4.79 Å². The number of halogens is 2. The van der Waals surface area contributed by atoms with Gasteiger partial charge in [-0.1, -0.05) is 11.6 Å². The fourth-order valence-corrected chi connectivity index (χ4v) is 2.66. The predicted molar refractivity (Wildman–Crippen MR) is 81.4 cm³/mol. The molecule has 0 radical (unpaired) electrons. The van der Waals surface area contributed by atoms with Gasteiger partial charge in [0.2, 0.25) is 0 Å². The normalized spacial score (nSPS) is 18.9. The minimum atomic E-state index is 0. The Kier molecular flexibility index (Phi) is 6.11. The first-order chi connectivity index (χ1) is 8.61. The Morgan fingerprint density at radius 2 is 2.21 bits per heavy atom. The Hall–Kier alpha value is -0.770. The molecule has 1 aliphatic rings. The Bertz CT molecular complexity index is 451. The Balaban J connectivity index is 0.00000180. The zero-order valence-electron chi connectivity index (χ0n) is 11.3. The summed E-state index contributed by atoms with van der Waals surface area (Å²) in [5, 5.41) is 3.93. The summed E-state index contributed by atoms with van der Waals surface area (Å²) in [5.41, 5.74) is 1.70. The van der Waals surface area contributed by atoms with Crippen LogP contribution in [0, 0.1) is 6.92 Å². The van der Waals surface area contributed by atoms with Crippen molar-refractivity contribution in [3.05, 3.63) is 34.3 Å². The van der Waals surface area contributed by atoms with Crippen LogP contribution in [0.3, 0.4) is 0 Å². The average Bonchev–Trinajstić information content (AvgIpc) is 2.38. The van der Waals surface area contributed by atoms with Crippen LogP contribution < -0.4 is 5.32 Å². The Labute approximate surface area is 125 Å². The van der Waals surface area contributed by atoms with Crippen molar-refractivity contribution in [3.8, 4) is 0 Å². The zero-order valence-corrected chi connectivity index (χ0v) is 12.9. The lowest BCUT2D eigenvalue weighted by Crippen LogP contribution is -2.47. The first-order valence-electron chi connectivity index (χ1n) is 6.34. The number of piperidine rings is 1. The Morgan fingerprint density at radius 1 is 1.47 bits per heavy atom. The smallest absolute Gasteiger partial charge is 0.254 e. The van der Waals surface area contributed by atoms with E-state index in [0.29, 0.717) is 11.1 Å². The number of nitrogens with one attached hydrogen (secondary N) is 1. The van der Waals surface area contributed by atoms with Gasteiger partial charge < -0.3 is 10.2 Å². The first kappa shape index (κ1) is 16.3. The molecule has 1 aliphatic heterocycles. The molecule has 5 heteroatoms. The molecule has 1 heterocycles. The highest BCUT2D eigenvalue weighted by Gasteiger charge is 2.24. The van der Waals surface area contributed by atoms with Gasteiger partial charge in [0.15, 0.2) is 0 Å². The average molecular weight is 303 g/mol. The number of amides is 1. The topological polar surface area (TPSA) is 32.3 Å². The van der Waals surface area contributed by atoms with Crippen LogP contribution >= 0.6 is 24.0 Å². The number of carbonyl (C=O) groups is 1. The minimum absolute atomic E-state index is 0. The molecule has 0 bridgehead atoms. The molecule has 19 heavy (non-hydrogen) atoms. The summed E-state index contributed by atoms with van der Waals surface area (Å²) in [5.74, 6) is 0.115. The van der Waals surface area contributed by atoms with Crippen LogP contribution in [0.5, 0.6) is 0 Å². The van der Waals surface area contributed by atoms with E-state index in [1.165, 1.54) is 0 Å². The van der Waals surface area contributed by atoms with Crippen molar-refractivity contribution in [1.82, 2.24) is 10.2 Å². The van der Waals surface area contributed by atoms with Gasteiger partial charge >= 0.3 is 0 Å². The van der Waals surface area contributed by atoms with Gasteiger partial charge in [-0.3, -0.25) is 4.79 Å². The fourth-order valence-electron chi connectivity index (χ4n) is 2.43. The van der Waals surface area contributed by atoms with Gasteiger partial charge in [0, 0.05) is 29.7 Å². The molecule has 3 nitrogen and oxygen atoms in total. The quantitative estimate of drug-likeness (QED) is 0.911. The lowest BCUT2D eigenvalue weighted by Gasteiger charge is -2.33. The van der Waals surface area contributed by atoms with Crippen molar-refractivity contribution in [1.29, 1.82) is 0 Å². The van der Waals surface area contributed by atoms with Crippen molar-refractivity contribution >= 4 is 29.9 Å². The fraction of sp³-hybridized carbons (Fsp3) is 0.500. The lowest BCUT2D eigenvalue weighted by atomic mass is 10.0. The van der Waals surface area contributed by atoms with E-state index in [0.717, 1.165) is 37.1 Å². The standard InChI is InChI=1S/C14H19ClN2O.ClH/c1-10-8-11(15)5-6-13(10)14(18)17-7-3-4-12(9-17)16-2;/h5-6,8,12,16H,3-4,7,9H2,1-2H3;1H. The molecule has 0 spiro atoms. The number of aryl methyl sites for hydroxylation is 1. The van der Waals surface area contributed by atoms with E-state index in [1.54, 1.807) is 6.07 Å². The molecule has 106 valence electrons. The second-order valence-electron chi connectivity index (χ2n) is 4.84. The van der Waals surface area contributed by atoms with Gasteiger partial charge in [0.05, 0.1) is 0 Å². The molecule has 2 rings (SSSR count). The van der Waals surface area contributed by atoms with Crippen LogP contribution in [0.4, 0.5) is 0 Å². The second kappa shape index (κ2) is 7.13. The van der Waals surface area contributed by atoms with Gasteiger partial charge in [-0.05, 0) is 50.6 Å². The lowest BCUT2D eigenvalue weighted by molar-refractivity contribution is 0.0697. The van der Waals surface area contributed by atoms with Crippen LogP contribution in [-0.2, 0) is 0 Å². The van der Waals surface area contributed by atoms with Crippen LogP contribution in [-0.4, -0.2) is 37.0 Å². The third-order valence-corrected chi connectivity index (χ3v) is 3.77. The molecule has 1 N–H and O–H groups in total. The highest BCUT2D eigenvalue weighted by atomic mass is 35.5. The SMILES string of the molecule is CNC1CCCN(C(=O)c2ccc(Cl)cc2C)C1.Cl. The summed E-state index contributed by atoms with van der Waals surface area (Å²) >= 11 is 5.92. The van der Waals surface area contributed by atoms with Crippen molar-refractivity contribution in [2.75, 3.05) is 20.1 Å². The maximum Gasteiger partial charge on any atom is 0.254 e. The molecule has 1 aromatic rings. The maximum absolute atomic E-state index is 12.4. The van der Waals surface area contributed by atoms with Gasteiger partial charge in [-0.15, -0.1) is 12.4 Å². The monoisotopic (exact) mass is 302 g/mol. The molecule has 1 aromatic carbocycles. The van der Waals surface area contributed by atoms with E-state index < -0.39 is 0 Å². The summed E-state index contributed by atoms with van der Waals surface area (Å²) in [6.45, 7) is 3.56. The van der Waals surface area contributed by atoms with Crippen molar-refractivity contribution in [2.45, 2.75) is 25.8 Å². The summed E-state index contributed by atoms with van der Waals surface area (Å²) in [6, 6.07) is 5.86. The zero-order chi connectivity index (χ0) is 13.1. The summed E-state index contributed by atoms with van der Waals surface area (Å²) in [7, 11) is 1.95. The number of carbonyl (C=O) groups excluding carboxylic acids is 1. The molecule has 1 unspecified atom stereocenters. The Morgan fingerprint density at radius 3 is 2.84 bits per heavy atom. The van der Waals surface area contributed by atoms with E-state index in [4.69, 9.17) is 11.6 Å². The number of hydrogen-bond acceptors (Lipinski definition) is 2. The first-order valence-corrected chi connectivity index (χ1v) is 6.72. The summed E-state index contributed by atoms with van der Waals surface area (Å²) < 4.78 is 0. The molecule has 0 saturated carbocycles. The largest absolute Gasteiger partial charge is 0.337 e. The van der Waals surface area contributed by atoms with Gasteiger partial charge in [-0.2, -0.15) is 0 Å². The molecule has 1 atom stereocenters. The van der Waals surface area contributed by atoms with Crippen molar-refractivity contribution in [3.63, 3.8) is 0 Å². The molecular formula is C14H20Cl2N2O. The third kappa shape index (κ3) is 3.85. The highest BCUT2D eigenvalue weighted by molar-refractivity contribution is 6.30. The molecule has 1 saturated heterocycles. The van der Waals surface area contributed by atoms with Gasteiger partial charge in [0.1, 0.15) is 0 Å². The van der Waals surface area contributed by atoms with Crippen LogP contribution in [0.2, 0.25) is 5.02 Å². The second-order valence-corrected chi connectivity index (χ2v) is 5.27. The number of hydrogen-bond donors (Lipinski definition) is 1. The van der Waals surface area contributed by atoms with Gasteiger partial charge in [-0.25, -0.2) is 0 Å². The number of nitrogens with zero attached hydrogens (tertiary/aromatic N) is 1. The number of likely N-dealkylation sites (N-methyl/N-ethyl adjacent to an activating group) is 1.